The van der Waals surface area contributed by atoms with Gasteiger partial charge in [0.25, 0.3) is 5.91 Å². The third-order valence-electron chi connectivity index (χ3n) is 5.53. The SMILES string of the molecule is CN(C(=O)c1ccc(NC(=O)Cc2ccc(S(=O)(=O)CC3CC3)cc2)cc1)C(C)(C)C. The van der Waals surface area contributed by atoms with Crippen LogP contribution < -0.4 is 5.32 Å². The van der Waals surface area contributed by atoms with Crippen molar-refractivity contribution in [1.29, 1.82) is 0 Å². The van der Waals surface area contributed by atoms with Crippen molar-refractivity contribution in [3.8, 4) is 0 Å². The minimum Gasteiger partial charge on any atom is -0.337 e. The highest BCUT2D eigenvalue weighted by molar-refractivity contribution is 7.91. The molecule has 0 unspecified atom stereocenters. The van der Waals surface area contributed by atoms with E-state index in [4.69, 9.17) is 0 Å². The van der Waals surface area contributed by atoms with Gasteiger partial charge < -0.3 is 10.2 Å². The molecule has 1 N–H and O–H groups in total. The standard InChI is InChI=1S/C24H30N2O4S/c1-24(2,3)26(4)23(28)19-9-11-20(12-10-19)25-22(27)15-17-7-13-21(14-8-17)31(29,30)16-18-5-6-18/h7-14,18H,5-6,15-16H2,1-4H3,(H,25,27). The summed E-state index contributed by atoms with van der Waals surface area (Å²) in [6, 6.07) is 13.3. The molecule has 2 aromatic rings. The van der Waals surface area contributed by atoms with Crippen LogP contribution >= 0.6 is 0 Å². The summed E-state index contributed by atoms with van der Waals surface area (Å²) in [7, 11) is -1.48. The van der Waals surface area contributed by atoms with E-state index in [0.29, 0.717) is 22.1 Å². The Morgan fingerprint density at radius 2 is 1.58 bits per heavy atom. The Hall–Kier alpha value is -2.67. The normalized spacial score (nSPS) is 14.2. The lowest BCUT2D eigenvalue weighted by molar-refractivity contribution is -0.115. The highest BCUT2D eigenvalue weighted by atomic mass is 32.2. The molecule has 0 heterocycles. The molecule has 1 saturated carbocycles. The second kappa shape index (κ2) is 8.83. The molecule has 31 heavy (non-hydrogen) atoms. The Morgan fingerprint density at radius 1 is 1.00 bits per heavy atom. The summed E-state index contributed by atoms with van der Waals surface area (Å²) < 4.78 is 24.6. The molecule has 0 atom stereocenters. The van der Waals surface area contributed by atoms with E-state index < -0.39 is 9.84 Å². The van der Waals surface area contributed by atoms with Gasteiger partial charge in [-0.25, -0.2) is 8.42 Å². The van der Waals surface area contributed by atoms with Gasteiger partial charge in [-0.05, 0) is 81.5 Å². The first-order valence-electron chi connectivity index (χ1n) is 10.5. The smallest absolute Gasteiger partial charge is 0.254 e. The van der Waals surface area contributed by atoms with Crippen LogP contribution in [0.1, 0.15) is 49.5 Å². The van der Waals surface area contributed by atoms with E-state index in [1.54, 1.807) is 60.5 Å². The summed E-state index contributed by atoms with van der Waals surface area (Å²) in [6.07, 6.45) is 2.11. The largest absolute Gasteiger partial charge is 0.337 e. The maximum absolute atomic E-state index is 12.5. The zero-order valence-electron chi connectivity index (χ0n) is 18.5. The maximum Gasteiger partial charge on any atom is 0.254 e. The molecule has 0 radical (unpaired) electrons. The number of hydrogen-bond donors (Lipinski definition) is 1. The summed E-state index contributed by atoms with van der Waals surface area (Å²) in [5.41, 5.74) is 1.61. The number of nitrogens with zero attached hydrogens (tertiary/aromatic N) is 1. The van der Waals surface area contributed by atoms with Crippen LogP contribution in [0.4, 0.5) is 5.69 Å². The molecule has 3 rings (SSSR count). The molecule has 0 bridgehead atoms. The van der Waals surface area contributed by atoms with Gasteiger partial charge in [-0.15, -0.1) is 0 Å². The number of amides is 2. The fourth-order valence-corrected chi connectivity index (χ4v) is 4.79. The first-order chi connectivity index (χ1) is 14.5. The van der Waals surface area contributed by atoms with Crippen LogP contribution in [-0.4, -0.2) is 43.5 Å². The fourth-order valence-electron chi connectivity index (χ4n) is 3.09. The van der Waals surface area contributed by atoms with Crippen molar-refractivity contribution in [1.82, 2.24) is 4.90 Å². The van der Waals surface area contributed by atoms with Gasteiger partial charge in [0.2, 0.25) is 5.91 Å². The Kier molecular flexibility index (Phi) is 6.55. The zero-order valence-corrected chi connectivity index (χ0v) is 19.3. The van der Waals surface area contributed by atoms with E-state index in [1.165, 1.54) is 0 Å². The number of rotatable bonds is 7. The number of hydrogen-bond acceptors (Lipinski definition) is 4. The molecule has 0 spiro atoms. The molecule has 6 nitrogen and oxygen atoms in total. The predicted molar refractivity (Wildman–Crippen MR) is 122 cm³/mol. The van der Waals surface area contributed by atoms with Gasteiger partial charge >= 0.3 is 0 Å². The quantitative estimate of drug-likeness (QED) is 0.704. The lowest BCUT2D eigenvalue weighted by Crippen LogP contribution is -2.42. The van der Waals surface area contributed by atoms with Gasteiger partial charge in [-0.1, -0.05) is 12.1 Å². The highest BCUT2D eigenvalue weighted by Gasteiger charge is 2.29. The number of benzene rings is 2. The first kappa shape index (κ1) is 23.0. The van der Waals surface area contributed by atoms with Crippen LogP contribution in [0.2, 0.25) is 0 Å². The van der Waals surface area contributed by atoms with Gasteiger partial charge in [0.15, 0.2) is 9.84 Å². The van der Waals surface area contributed by atoms with Crippen molar-refractivity contribution in [2.75, 3.05) is 18.1 Å². The van der Waals surface area contributed by atoms with Gasteiger partial charge in [-0.3, -0.25) is 9.59 Å². The van der Waals surface area contributed by atoms with E-state index in [9.17, 15) is 18.0 Å². The average Bonchev–Trinajstić information content (AvgIpc) is 3.50. The van der Waals surface area contributed by atoms with Crippen LogP contribution in [0.3, 0.4) is 0 Å². The lowest BCUT2D eigenvalue weighted by Gasteiger charge is -2.32. The monoisotopic (exact) mass is 442 g/mol. The van der Waals surface area contributed by atoms with Crippen molar-refractivity contribution >= 4 is 27.3 Å². The van der Waals surface area contributed by atoms with Crippen LogP contribution in [-0.2, 0) is 21.1 Å². The van der Waals surface area contributed by atoms with E-state index in [1.807, 2.05) is 20.8 Å². The Bertz CT molecular complexity index is 1050. The van der Waals surface area contributed by atoms with E-state index in [-0.39, 0.29) is 29.5 Å². The van der Waals surface area contributed by atoms with Crippen molar-refractivity contribution < 1.29 is 18.0 Å². The van der Waals surface area contributed by atoms with E-state index in [2.05, 4.69) is 5.32 Å². The summed E-state index contributed by atoms with van der Waals surface area (Å²) in [4.78, 5) is 26.9. The average molecular weight is 443 g/mol. The second-order valence-electron chi connectivity index (χ2n) is 9.21. The molecule has 2 amide bonds. The molecule has 166 valence electrons. The van der Waals surface area contributed by atoms with Crippen molar-refractivity contribution in [2.24, 2.45) is 5.92 Å². The summed E-state index contributed by atoms with van der Waals surface area (Å²) in [6.45, 7) is 5.90. The molecule has 1 aliphatic carbocycles. The van der Waals surface area contributed by atoms with Crippen LogP contribution in [0.5, 0.6) is 0 Å². The van der Waals surface area contributed by atoms with E-state index in [0.717, 1.165) is 18.4 Å². The number of nitrogens with one attached hydrogen (secondary N) is 1. The Labute approximate surface area is 184 Å². The molecular weight excluding hydrogens is 412 g/mol. The zero-order chi connectivity index (χ0) is 22.8. The Balaban J connectivity index is 1.57. The second-order valence-corrected chi connectivity index (χ2v) is 11.2. The predicted octanol–water partition coefficient (Wildman–Crippen LogP) is 3.92. The van der Waals surface area contributed by atoms with E-state index >= 15 is 0 Å². The van der Waals surface area contributed by atoms with Crippen molar-refractivity contribution in [3.63, 3.8) is 0 Å². The first-order valence-corrected chi connectivity index (χ1v) is 12.1. The molecule has 0 saturated heterocycles. The molecule has 1 fully saturated rings. The highest BCUT2D eigenvalue weighted by Crippen LogP contribution is 2.32. The van der Waals surface area contributed by atoms with Crippen LogP contribution in [0.25, 0.3) is 0 Å². The maximum atomic E-state index is 12.5. The number of anilines is 1. The molecule has 0 aromatic heterocycles. The number of carbonyl (C=O) groups is 2. The third kappa shape index (κ3) is 6.17. The van der Waals surface area contributed by atoms with Gasteiger partial charge in [-0.2, -0.15) is 0 Å². The molecule has 0 aliphatic heterocycles. The fraction of sp³-hybridized carbons (Fsp3) is 0.417. The Morgan fingerprint density at radius 3 is 2.10 bits per heavy atom. The van der Waals surface area contributed by atoms with Crippen molar-refractivity contribution in [3.05, 3.63) is 59.7 Å². The van der Waals surface area contributed by atoms with Crippen molar-refractivity contribution in [2.45, 2.75) is 50.5 Å². The summed E-state index contributed by atoms with van der Waals surface area (Å²) in [5.74, 6) is 0.212. The topological polar surface area (TPSA) is 83.6 Å². The van der Waals surface area contributed by atoms with Gasteiger partial charge in [0.1, 0.15) is 0 Å². The summed E-state index contributed by atoms with van der Waals surface area (Å²) in [5, 5.41) is 2.81. The number of sulfone groups is 1. The molecule has 7 heteroatoms. The molecule has 1 aliphatic rings. The van der Waals surface area contributed by atoms with Crippen LogP contribution in [0.15, 0.2) is 53.4 Å². The minimum absolute atomic E-state index is 0.0814. The lowest BCUT2D eigenvalue weighted by atomic mass is 10.0. The minimum atomic E-state index is -3.25. The third-order valence-corrected chi connectivity index (χ3v) is 7.43. The van der Waals surface area contributed by atoms with Crippen LogP contribution in [0, 0.1) is 5.92 Å². The van der Waals surface area contributed by atoms with Gasteiger partial charge in [0.05, 0.1) is 17.1 Å². The van der Waals surface area contributed by atoms with Gasteiger partial charge in [0, 0.05) is 23.8 Å². The molecule has 2 aromatic carbocycles. The summed E-state index contributed by atoms with van der Waals surface area (Å²) >= 11 is 0. The molecular formula is C24H30N2O4S. The number of carbonyl (C=O) groups excluding carboxylic acids is 2.